The fourth-order valence-electron chi connectivity index (χ4n) is 3.60. The molecular weight excluding hydrogens is 342 g/mol. The van der Waals surface area contributed by atoms with E-state index in [0.29, 0.717) is 5.69 Å². The molecule has 130 valence electrons. The SMILES string of the molecule is Fc1ccc(-c2cc(-n3c4ccccc4c4ccccc43)ccn2)c(F)c1. The van der Waals surface area contributed by atoms with Crippen molar-refractivity contribution in [2.45, 2.75) is 0 Å². The smallest absolute Gasteiger partial charge is 0.135 e. The largest absolute Gasteiger partial charge is 0.309 e. The van der Waals surface area contributed by atoms with Crippen molar-refractivity contribution in [1.29, 1.82) is 0 Å². The lowest BCUT2D eigenvalue weighted by Gasteiger charge is -2.10. The first-order valence-electron chi connectivity index (χ1n) is 8.62. The Morgan fingerprint density at radius 2 is 1.37 bits per heavy atom. The second kappa shape index (κ2) is 6.02. The molecule has 0 amide bonds. The van der Waals surface area contributed by atoms with Crippen molar-refractivity contribution in [3.8, 4) is 16.9 Å². The highest BCUT2D eigenvalue weighted by atomic mass is 19.1. The minimum atomic E-state index is -0.623. The van der Waals surface area contributed by atoms with Gasteiger partial charge in [-0.2, -0.15) is 0 Å². The molecule has 0 saturated carbocycles. The van der Waals surface area contributed by atoms with Crippen molar-refractivity contribution < 1.29 is 8.78 Å². The van der Waals surface area contributed by atoms with Crippen molar-refractivity contribution in [3.05, 3.63) is 96.7 Å². The summed E-state index contributed by atoms with van der Waals surface area (Å²) in [6.07, 6.45) is 1.65. The number of nitrogens with zero attached hydrogens (tertiary/aromatic N) is 2. The van der Waals surface area contributed by atoms with Gasteiger partial charge in [0.15, 0.2) is 0 Å². The number of halogens is 2. The molecule has 0 unspecified atom stereocenters. The molecule has 0 aliphatic heterocycles. The Balaban J connectivity index is 1.78. The van der Waals surface area contributed by atoms with Crippen LogP contribution in [0.5, 0.6) is 0 Å². The minimum Gasteiger partial charge on any atom is -0.309 e. The summed E-state index contributed by atoms with van der Waals surface area (Å²) in [4.78, 5) is 4.29. The van der Waals surface area contributed by atoms with E-state index < -0.39 is 11.6 Å². The molecule has 0 N–H and O–H groups in total. The first kappa shape index (κ1) is 15.7. The molecule has 2 heterocycles. The van der Waals surface area contributed by atoms with E-state index in [1.54, 1.807) is 6.20 Å². The van der Waals surface area contributed by atoms with Gasteiger partial charge < -0.3 is 4.57 Å². The van der Waals surface area contributed by atoms with Crippen molar-refractivity contribution in [1.82, 2.24) is 9.55 Å². The van der Waals surface area contributed by atoms with Crippen molar-refractivity contribution >= 4 is 21.8 Å². The summed E-state index contributed by atoms with van der Waals surface area (Å²) in [7, 11) is 0. The molecule has 5 rings (SSSR count). The molecule has 0 aliphatic carbocycles. The van der Waals surface area contributed by atoms with Gasteiger partial charge in [-0.1, -0.05) is 36.4 Å². The number of pyridine rings is 1. The van der Waals surface area contributed by atoms with Crippen LogP contribution in [0.3, 0.4) is 0 Å². The lowest BCUT2D eigenvalue weighted by molar-refractivity contribution is 0.585. The van der Waals surface area contributed by atoms with Gasteiger partial charge in [0.2, 0.25) is 0 Å². The molecule has 2 nitrogen and oxygen atoms in total. The number of para-hydroxylation sites is 2. The summed E-state index contributed by atoms with van der Waals surface area (Å²) < 4.78 is 29.6. The maximum Gasteiger partial charge on any atom is 0.135 e. The number of hydrogen-bond acceptors (Lipinski definition) is 1. The number of benzene rings is 3. The van der Waals surface area contributed by atoms with Gasteiger partial charge in [0, 0.05) is 34.3 Å². The zero-order valence-electron chi connectivity index (χ0n) is 14.2. The van der Waals surface area contributed by atoms with E-state index in [2.05, 4.69) is 33.8 Å². The van der Waals surface area contributed by atoms with Gasteiger partial charge in [-0.25, -0.2) is 8.78 Å². The molecule has 0 fully saturated rings. The molecule has 0 aliphatic rings. The quantitative estimate of drug-likeness (QED) is 0.372. The Labute approximate surface area is 154 Å². The normalized spacial score (nSPS) is 11.3. The molecule has 4 heteroatoms. The minimum absolute atomic E-state index is 0.277. The maximum atomic E-state index is 14.2. The van der Waals surface area contributed by atoms with Crippen LogP contribution in [-0.4, -0.2) is 9.55 Å². The molecule has 3 aromatic carbocycles. The Hall–Kier alpha value is -3.53. The highest BCUT2D eigenvalue weighted by Gasteiger charge is 2.13. The Kier molecular flexibility index (Phi) is 3.50. The molecule has 0 spiro atoms. The van der Waals surface area contributed by atoms with Gasteiger partial charge >= 0.3 is 0 Å². The van der Waals surface area contributed by atoms with Crippen molar-refractivity contribution in [2.75, 3.05) is 0 Å². The fraction of sp³-hybridized carbons (Fsp3) is 0. The number of aromatic nitrogens is 2. The summed E-state index contributed by atoms with van der Waals surface area (Å²) in [5.74, 6) is -1.23. The van der Waals surface area contributed by atoms with Crippen LogP contribution in [0.4, 0.5) is 8.78 Å². The highest BCUT2D eigenvalue weighted by molar-refractivity contribution is 6.09. The first-order valence-corrected chi connectivity index (χ1v) is 8.62. The van der Waals surface area contributed by atoms with Crippen LogP contribution in [0.1, 0.15) is 0 Å². The third-order valence-electron chi connectivity index (χ3n) is 4.79. The van der Waals surface area contributed by atoms with Crippen LogP contribution in [0.25, 0.3) is 38.8 Å². The van der Waals surface area contributed by atoms with E-state index in [-0.39, 0.29) is 5.56 Å². The van der Waals surface area contributed by atoms with Crippen LogP contribution >= 0.6 is 0 Å². The average Bonchev–Trinajstić information content (AvgIpc) is 3.03. The fourth-order valence-corrected chi connectivity index (χ4v) is 3.60. The summed E-state index contributed by atoms with van der Waals surface area (Å²) in [6, 6.07) is 23.6. The number of rotatable bonds is 2. The van der Waals surface area contributed by atoms with Gasteiger partial charge in [-0.05, 0) is 36.4 Å². The predicted octanol–water partition coefficient (Wildman–Crippen LogP) is 6.12. The Bertz CT molecular complexity index is 1250. The monoisotopic (exact) mass is 356 g/mol. The number of fused-ring (bicyclic) bond motifs is 3. The summed E-state index contributed by atoms with van der Waals surface area (Å²) in [5.41, 5.74) is 3.75. The standard InChI is InChI=1S/C23H14F2N2/c24-15-9-10-19(20(25)13-15)21-14-16(11-12-26-21)27-22-7-3-1-5-17(22)18-6-2-4-8-23(18)27/h1-14H. The second-order valence-corrected chi connectivity index (χ2v) is 6.39. The third kappa shape index (κ3) is 2.49. The summed E-state index contributed by atoms with van der Waals surface area (Å²) in [5, 5.41) is 2.30. The molecule has 5 aromatic rings. The molecule has 0 bridgehead atoms. The van der Waals surface area contributed by atoms with E-state index in [9.17, 15) is 8.78 Å². The third-order valence-corrected chi connectivity index (χ3v) is 4.79. The van der Waals surface area contributed by atoms with Crippen LogP contribution < -0.4 is 0 Å². The van der Waals surface area contributed by atoms with Gasteiger partial charge in [0.25, 0.3) is 0 Å². The van der Waals surface area contributed by atoms with Gasteiger partial charge in [-0.3, -0.25) is 4.98 Å². The van der Waals surface area contributed by atoms with E-state index in [1.807, 2.05) is 36.4 Å². The highest BCUT2D eigenvalue weighted by Crippen LogP contribution is 2.32. The Morgan fingerprint density at radius 3 is 2.04 bits per heavy atom. The second-order valence-electron chi connectivity index (χ2n) is 6.39. The summed E-state index contributed by atoms with van der Waals surface area (Å²) in [6.45, 7) is 0. The van der Waals surface area contributed by atoms with Crippen LogP contribution in [0, 0.1) is 11.6 Å². The Morgan fingerprint density at radius 1 is 0.704 bits per heavy atom. The molecule has 2 aromatic heterocycles. The maximum absolute atomic E-state index is 14.2. The zero-order chi connectivity index (χ0) is 18.4. The van der Waals surface area contributed by atoms with Crippen molar-refractivity contribution in [3.63, 3.8) is 0 Å². The van der Waals surface area contributed by atoms with E-state index >= 15 is 0 Å². The molecule has 0 radical (unpaired) electrons. The van der Waals surface area contributed by atoms with Gasteiger partial charge in [0.05, 0.1) is 16.7 Å². The lowest BCUT2D eigenvalue weighted by Crippen LogP contribution is -1.96. The van der Waals surface area contributed by atoms with Crippen LogP contribution in [0.15, 0.2) is 85.1 Å². The molecular formula is C23H14F2N2. The molecule has 27 heavy (non-hydrogen) atoms. The van der Waals surface area contributed by atoms with E-state index in [1.165, 1.54) is 12.1 Å². The molecule has 0 atom stereocenters. The van der Waals surface area contributed by atoms with Gasteiger partial charge in [0.1, 0.15) is 11.6 Å². The van der Waals surface area contributed by atoms with Crippen LogP contribution in [0.2, 0.25) is 0 Å². The van der Waals surface area contributed by atoms with E-state index in [4.69, 9.17) is 0 Å². The summed E-state index contributed by atoms with van der Waals surface area (Å²) >= 11 is 0. The average molecular weight is 356 g/mol. The van der Waals surface area contributed by atoms with Crippen LogP contribution in [-0.2, 0) is 0 Å². The predicted molar refractivity (Wildman–Crippen MR) is 104 cm³/mol. The lowest BCUT2D eigenvalue weighted by atomic mass is 10.1. The van der Waals surface area contributed by atoms with Gasteiger partial charge in [-0.15, -0.1) is 0 Å². The number of hydrogen-bond donors (Lipinski definition) is 0. The van der Waals surface area contributed by atoms with E-state index in [0.717, 1.165) is 33.6 Å². The molecule has 0 saturated heterocycles. The first-order chi connectivity index (χ1) is 13.2. The zero-order valence-corrected chi connectivity index (χ0v) is 14.2. The van der Waals surface area contributed by atoms with Crippen molar-refractivity contribution in [2.24, 2.45) is 0 Å². The topological polar surface area (TPSA) is 17.8 Å².